The van der Waals surface area contributed by atoms with Gasteiger partial charge in [-0.05, 0) is 54.3 Å². The predicted octanol–water partition coefficient (Wildman–Crippen LogP) is 4.33. The number of benzene rings is 3. The largest absolute Gasteiger partial charge is 1.00 e. The van der Waals surface area contributed by atoms with Crippen molar-refractivity contribution in [1.82, 2.24) is 4.98 Å². The molecular weight excluding hydrogens is 639 g/mol. The van der Waals surface area contributed by atoms with Gasteiger partial charge < -0.3 is 47.7 Å². The number of para-hydroxylation sites is 1. The fourth-order valence-electron chi connectivity index (χ4n) is 4.93. The fraction of sp³-hybridized carbons (Fsp3) is 0.400. The Morgan fingerprint density at radius 3 is 2.02 bits per heavy atom. The molecule has 0 bridgehead atoms. The third kappa shape index (κ3) is 10.7. The fourth-order valence-corrected chi connectivity index (χ4v) is 4.93. The number of quaternary nitrogens is 1. The number of rotatable bonds is 17. The number of nitrogens with one attached hydrogen (secondary N) is 1. The highest BCUT2D eigenvalue weighted by Crippen LogP contribution is 2.22. The van der Waals surface area contributed by atoms with Crippen LogP contribution in [0.2, 0.25) is 0 Å². The van der Waals surface area contributed by atoms with Gasteiger partial charge in [-0.1, -0.05) is 74.2 Å². The second-order valence-corrected chi connectivity index (χ2v) is 11.6. The molecule has 0 aliphatic carbocycles. The number of H-pyrrole nitrogens is 1. The van der Waals surface area contributed by atoms with E-state index in [4.69, 9.17) is 14.2 Å². The van der Waals surface area contributed by atoms with Gasteiger partial charge in [-0.3, -0.25) is 0 Å². The number of aromatic amines is 1. The van der Waals surface area contributed by atoms with Crippen LogP contribution in [0.3, 0.4) is 0 Å². The lowest BCUT2D eigenvalue weighted by atomic mass is 10.0. The number of hydrogen-bond acceptors (Lipinski definition) is 4. The monoisotopic (exact) mass is 684 g/mol. The lowest BCUT2D eigenvalue weighted by Gasteiger charge is -2.32. The average molecular weight is 685 g/mol. The number of carbonyl (C=O) groups excluding carboxylic acids is 1. The predicted molar refractivity (Wildman–Crippen MR) is 165 cm³/mol. The number of fused-ring (bicyclic) bond motifs is 1. The smallest absolute Gasteiger partial charge is 0.365 e. The molecule has 0 saturated carbocycles. The SMILES string of the molecule is C[N+](C)(C)[C@@H](Cc1c[nH]c2ccccc12)C(=O)OCCCCCCCCOc1ccc(OCc2ccccc2)cc1.[I-]. The second-order valence-electron chi connectivity index (χ2n) is 11.6. The first kappa shape index (κ1) is 33.5. The van der Waals surface area contributed by atoms with Crippen molar-refractivity contribution in [2.24, 2.45) is 0 Å². The Bertz CT molecular complexity index is 1330. The van der Waals surface area contributed by atoms with Crippen LogP contribution >= 0.6 is 0 Å². The number of hydrogen-bond donors (Lipinski definition) is 1. The Morgan fingerprint density at radius 2 is 1.33 bits per heavy atom. The van der Waals surface area contributed by atoms with Gasteiger partial charge in [0.25, 0.3) is 0 Å². The minimum atomic E-state index is -0.243. The summed E-state index contributed by atoms with van der Waals surface area (Å²) in [6.45, 7) is 1.76. The third-order valence-electron chi connectivity index (χ3n) is 7.42. The van der Waals surface area contributed by atoms with Gasteiger partial charge in [0, 0.05) is 23.5 Å². The number of likely N-dealkylation sites (N-methyl/N-ethyl adjacent to an activating group) is 1. The van der Waals surface area contributed by atoms with Crippen LogP contribution in [0.1, 0.15) is 49.7 Å². The summed E-state index contributed by atoms with van der Waals surface area (Å²) in [5, 5.41) is 1.17. The Morgan fingerprint density at radius 1 is 0.738 bits per heavy atom. The summed E-state index contributed by atoms with van der Waals surface area (Å²) in [5.41, 5.74) is 3.41. The van der Waals surface area contributed by atoms with Crippen molar-refractivity contribution in [2.45, 2.75) is 57.6 Å². The highest BCUT2D eigenvalue weighted by molar-refractivity contribution is 5.84. The standard InChI is InChI=1S/C35H45N2O4.HI/c1-37(2,3)34(25-29-26-36-33-18-12-11-17-32(29)33)35(38)40-24-14-7-5-4-6-13-23-39-30-19-21-31(22-20-30)41-27-28-15-9-8-10-16-28;/h8-12,15-22,26,34,36H,4-7,13-14,23-25,27H2,1-3H3;1H/q+1;/p-1/t34-;/m0./s1. The molecule has 0 spiro atoms. The van der Waals surface area contributed by atoms with E-state index >= 15 is 0 Å². The summed E-state index contributed by atoms with van der Waals surface area (Å²) < 4.78 is 18.0. The molecule has 4 aromatic rings. The van der Waals surface area contributed by atoms with Gasteiger partial charge in [-0.25, -0.2) is 4.79 Å². The van der Waals surface area contributed by atoms with E-state index in [0.717, 1.165) is 66.7 Å². The zero-order valence-corrected chi connectivity index (χ0v) is 27.3. The molecule has 42 heavy (non-hydrogen) atoms. The molecule has 0 aliphatic heterocycles. The average Bonchev–Trinajstić information content (AvgIpc) is 3.39. The Hall–Kier alpha value is -3.04. The summed E-state index contributed by atoms with van der Waals surface area (Å²) in [6.07, 6.45) is 9.09. The van der Waals surface area contributed by atoms with Crippen molar-refractivity contribution >= 4 is 16.9 Å². The summed E-state index contributed by atoms with van der Waals surface area (Å²) in [7, 11) is 6.17. The van der Waals surface area contributed by atoms with Crippen molar-refractivity contribution in [2.75, 3.05) is 34.4 Å². The minimum Gasteiger partial charge on any atom is -1.00 e. The highest BCUT2D eigenvalue weighted by atomic mass is 127. The van der Waals surface area contributed by atoms with Crippen LogP contribution in [0, 0.1) is 0 Å². The number of aromatic nitrogens is 1. The van der Waals surface area contributed by atoms with Crippen molar-refractivity contribution in [3.05, 3.63) is 96.2 Å². The van der Waals surface area contributed by atoms with Crippen LogP contribution in [-0.2, 0) is 22.6 Å². The van der Waals surface area contributed by atoms with Gasteiger partial charge in [-0.15, -0.1) is 0 Å². The van der Waals surface area contributed by atoms with E-state index < -0.39 is 0 Å². The van der Waals surface area contributed by atoms with Crippen LogP contribution in [0.5, 0.6) is 11.5 Å². The van der Waals surface area contributed by atoms with Gasteiger partial charge in [0.05, 0.1) is 34.4 Å². The van der Waals surface area contributed by atoms with Gasteiger partial charge in [0.15, 0.2) is 6.04 Å². The minimum absolute atomic E-state index is 0. The van der Waals surface area contributed by atoms with E-state index in [0.29, 0.717) is 30.7 Å². The normalized spacial score (nSPS) is 12.0. The molecule has 0 radical (unpaired) electrons. The zero-order chi connectivity index (χ0) is 28.9. The molecule has 0 aliphatic rings. The van der Waals surface area contributed by atoms with E-state index in [1.54, 1.807) is 0 Å². The van der Waals surface area contributed by atoms with Gasteiger partial charge in [-0.2, -0.15) is 0 Å². The summed E-state index contributed by atoms with van der Waals surface area (Å²) in [5.74, 6) is 1.60. The van der Waals surface area contributed by atoms with E-state index in [9.17, 15) is 4.79 Å². The van der Waals surface area contributed by atoms with Gasteiger partial charge in [0.2, 0.25) is 0 Å². The lowest BCUT2D eigenvalue weighted by molar-refractivity contribution is -0.887. The number of nitrogens with zero attached hydrogens (tertiary/aromatic N) is 1. The molecule has 226 valence electrons. The van der Waals surface area contributed by atoms with Crippen molar-refractivity contribution in [3.8, 4) is 11.5 Å². The molecule has 0 saturated heterocycles. The van der Waals surface area contributed by atoms with E-state index in [2.05, 4.69) is 50.4 Å². The molecule has 0 fully saturated rings. The molecule has 1 heterocycles. The van der Waals surface area contributed by atoms with Crippen LogP contribution in [0.4, 0.5) is 0 Å². The summed E-state index contributed by atoms with van der Waals surface area (Å²) >= 11 is 0. The van der Waals surface area contributed by atoms with Gasteiger partial charge >= 0.3 is 5.97 Å². The molecular formula is C35H45IN2O4. The first-order valence-corrected chi connectivity index (χ1v) is 14.8. The Labute approximate surface area is 268 Å². The molecule has 0 unspecified atom stereocenters. The van der Waals surface area contributed by atoms with Crippen molar-refractivity contribution in [1.29, 1.82) is 0 Å². The molecule has 0 amide bonds. The van der Waals surface area contributed by atoms with Crippen LogP contribution in [0.25, 0.3) is 10.9 Å². The van der Waals surface area contributed by atoms with Crippen LogP contribution in [-0.4, -0.2) is 55.8 Å². The molecule has 4 rings (SSSR count). The first-order chi connectivity index (χ1) is 19.9. The Kier molecular flexibility index (Phi) is 13.7. The summed E-state index contributed by atoms with van der Waals surface area (Å²) in [4.78, 5) is 16.3. The highest BCUT2D eigenvalue weighted by Gasteiger charge is 2.33. The third-order valence-corrected chi connectivity index (χ3v) is 7.42. The quantitative estimate of drug-likeness (QED) is 0.0780. The molecule has 3 aromatic carbocycles. The molecule has 7 heteroatoms. The summed E-state index contributed by atoms with van der Waals surface area (Å²) in [6, 6.07) is 26.0. The maximum atomic E-state index is 13.0. The maximum Gasteiger partial charge on any atom is 0.365 e. The van der Waals surface area contributed by atoms with E-state index in [1.807, 2.05) is 60.8 Å². The van der Waals surface area contributed by atoms with Crippen LogP contribution in [0.15, 0.2) is 85.1 Å². The first-order valence-electron chi connectivity index (χ1n) is 14.8. The molecule has 6 nitrogen and oxygen atoms in total. The molecule has 1 N–H and O–H groups in total. The van der Waals surface area contributed by atoms with Gasteiger partial charge in [0.1, 0.15) is 18.1 Å². The maximum absolute atomic E-state index is 13.0. The lowest BCUT2D eigenvalue weighted by Crippen LogP contribution is -3.00. The Balaban J connectivity index is 0.00000484. The van der Waals surface area contributed by atoms with Crippen molar-refractivity contribution < 1.29 is 47.5 Å². The van der Waals surface area contributed by atoms with E-state index in [-0.39, 0.29) is 36.0 Å². The number of esters is 1. The zero-order valence-electron chi connectivity index (χ0n) is 25.2. The van der Waals surface area contributed by atoms with Crippen LogP contribution < -0.4 is 33.5 Å². The number of unbranched alkanes of at least 4 members (excludes halogenated alkanes) is 5. The number of ether oxygens (including phenoxy) is 3. The second kappa shape index (κ2) is 17.2. The van der Waals surface area contributed by atoms with E-state index in [1.165, 1.54) is 5.39 Å². The number of halogens is 1. The molecule has 1 atom stereocenters. The molecule has 1 aromatic heterocycles. The topological polar surface area (TPSA) is 60.6 Å². The number of carbonyl (C=O) groups is 1. The van der Waals surface area contributed by atoms with Crippen molar-refractivity contribution in [3.63, 3.8) is 0 Å².